The van der Waals surface area contributed by atoms with Crippen LogP contribution in [0.4, 0.5) is 26.3 Å². The maximum atomic E-state index is 10.7. The van der Waals surface area contributed by atoms with Crippen molar-refractivity contribution in [1.29, 1.82) is 0 Å². The molecule has 4 aliphatic heterocycles. The van der Waals surface area contributed by atoms with Crippen LogP contribution in [0.3, 0.4) is 0 Å². The van der Waals surface area contributed by atoms with E-state index in [1.54, 1.807) is 0 Å². The van der Waals surface area contributed by atoms with E-state index in [9.17, 15) is 26.3 Å². The van der Waals surface area contributed by atoms with Crippen LogP contribution in [0.2, 0.25) is 0 Å². The van der Waals surface area contributed by atoms with Crippen LogP contribution in [-0.4, -0.2) is 113 Å². The van der Waals surface area contributed by atoms with Gasteiger partial charge in [0.1, 0.15) is 26.4 Å². The van der Waals surface area contributed by atoms with Crippen molar-refractivity contribution in [1.82, 2.24) is 0 Å². The number of rotatable bonds is 4. The fourth-order valence-electron chi connectivity index (χ4n) is 3.61. The number of hydrogen-bond acceptors (Lipinski definition) is 14. The van der Waals surface area contributed by atoms with Gasteiger partial charge in [-0.3, -0.25) is 0 Å². The van der Waals surface area contributed by atoms with E-state index in [1.165, 1.54) is 0 Å². The zero-order valence-corrected chi connectivity index (χ0v) is 29.4. The largest absolute Gasteiger partial charge is 1.00 e. The second-order valence-corrected chi connectivity index (χ2v) is 11.8. The summed E-state index contributed by atoms with van der Waals surface area (Å²) in [4.78, 5) is 17.1. The monoisotopic (exact) mass is 944 g/mol. The summed E-state index contributed by atoms with van der Waals surface area (Å²) in [5.41, 5.74) is -7.32. The van der Waals surface area contributed by atoms with Crippen LogP contribution in [-0.2, 0) is 83.9 Å². The van der Waals surface area contributed by atoms with Gasteiger partial charge in [0.25, 0.3) is 0 Å². The van der Waals surface area contributed by atoms with Gasteiger partial charge in [0.2, 0.25) is 23.6 Å². The minimum Gasteiger partial charge on any atom is -0.741 e. The Kier molecular flexibility index (Phi) is 17.8. The van der Waals surface area contributed by atoms with E-state index in [0.717, 1.165) is 72.0 Å². The molecule has 0 saturated carbocycles. The van der Waals surface area contributed by atoms with E-state index >= 15 is 0 Å². The number of nitrogens with zero attached hydrogens (tertiary/aromatic N) is 4. The molecule has 2 aromatic rings. The molecule has 0 N–H and O–H groups in total. The SMILES string of the molecule is O=S(=O)([O-])C(F)(F)F.O=S(=O)([O-])C(F)(F)F.[Ag+].[Ag+].c1cc(C2=NCCO2)cc(C2=NCCO2)c1.c1cc(C2=NCCO2)cc(C2=NCCO2)c1. The molecule has 24 heteroatoms. The summed E-state index contributed by atoms with van der Waals surface area (Å²) in [7, 11) is -12.2. The van der Waals surface area contributed by atoms with Crippen LogP contribution in [0.15, 0.2) is 68.5 Å². The van der Waals surface area contributed by atoms with E-state index in [2.05, 4.69) is 20.0 Å². The number of aliphatic imine (C=N–C) groups is 4. The Morgan fingerprint density at radius 2 is 0.700 bits per heavy atom. The first-order valence-electron chi connectivity index (χ1n) is 13.3. The van der Waals surface area contributed by atoms with Gasteiger partial charge in [-0.15, -0.1) is 0 Å². The summed E-state index contributed by atoms with van der Waals surface area (Å²) in [5, 5.41) is 0. The van der Waals surface area contributed by atoms with Crippen LogP contribution in [0.1, 0.15) is 22.3 Å². The summed E-state index contributed by atoms with van der Waals surface area (Å²) in [6, 6.07) is 15.9. The molecule has 6 rings (SSSR count). The Hall–Kier alpha value is -2.80. The molecular formula is C26H24Ag2F6N4O10S2. The van der Waals surface area contributed by atoms with Gasteiger partial charge in [-0.05, 0) is 36.4 Å². The van der Waals surface area contributed by atoms with Gasteiger partial charge < -0.3 is 28.1 Å². The number of benzene rings is 2. The summed E-state index contributed by atoms with van der Waals surface area (Å²) in [5.74, 6) is 2.89. The van der Waals surface area contributed by atoms with Gasteiger partial charge in [-0.2, -0.15) is 26.3 Å². The van der Waals surface area contributed by atoms with Crippen molar-refractivity contribution in [3.8, 4) is 0 Å². The molecule has 284 valence electrons. The molecule has 4 aliphatic rings. The number of ether oxygens (including phenoxy) is 4. The average molecular weight is 946 g/mol. The van der Waals surface area contributed by atoms with Crippen LogP contribution in [0.25, 0.3) is 0 Å². The number of halogens is 6. The standard InChI is InChI=1S/2C12H12N2O2.2CHF3O3S.2Ag/c2*1-2-9(11-13-4-6-15-11)8-10(3-1)12-14-5-7-16-12;2*2-1(3,4)8(5,6)7;;/h2*1-3,8H,4-7H2;2*(H,5,6,7);;/q;;;;2*+1/p-2. The van der Waals surface area contributed by atoms with Gasteiger partial charge >= 0.3 is 55.8 Å². The molecule has 0 unspecified atom stereocenters. The fraction of sp³-hybridized carbons (Fsp3) is 0.385. The molecule has 0 aliphatic carbocycles. The minimum absolute atomic E-state index is 0. The second kappa shape index (κ2) is 19.7. The molecular weight excluding hydrogens is 922 g/mol. The molecule has 4 heterocycles. The first-order chi connectivity index (χ1) is 22.4. The van der Waals surface area contributed by atoms with Gasteiger partial charge in [-0.25, -0.2) is 36.8 Å². The van der Waals surface area contributed by atoms with Gasteiger partial charge in [0.15, 0.2) is 20.2 Å². The van der Waals surface area contributed by atoms with Crippen molar-refractivity contribution in [3.05, 3.63) is 70.8 Å². The normalized spacial score (nSPS) is 16.5. The Bertz CT molecular complexity index is 1580. The van der Waals surface area contributed by atoms with Gasteiger partial charge in [0.05, 0.1) is 26.2 Å². The van der Waals surface area contributed by atoms with E-state index in [-0.39, 0.29) is 44.8 Å². The predicted octanol–water partition coefficient (Wildman–Crippen LogP) is 2.58. The van der Waals surface area contributed by atoms with E-state index < -0.39 is 31.3 Å². The molecule has 0 radical (unpaired) electrons. The van der Waals surface area contributed by atoms with Crippen LogP contribution in [0.5, 0.6) is 0 Å². The van der Waals surface area contributed by atoms with Crippen molar-refractivity contribution in [2.45, 2.75) is 11.0 Å². The molecule has 14 nitrogen and oxygen atoms in total. The molecule has 0 fully saturated rings. The summed E-state index contributed by atoms with van der Waals surface area (Å²) < 4.78 is 140. The second-order valence-electron chi connectivity index (χ2n) is 9.10. The fourth-order valence-corrected chi connectivity index (χ4v) is 3.61. The molecule has 0 aromatic heterocycles. The van der Waals surface area contributed by atoms with Crippen molar-refractivity contribution in [2.75, 3.05) is 52.6 Å². The van der Waals surface area contributed by atoms with Crippen molar-refractivity contribution in [3.63, 3.8) is 0 Å². The summed E-state index contributed by atoms with van der Waals surface area (Å²) in [6.07, 6.45) is 0. The zero-order chi connectivity index (χ0) is 35.6. The third-order valence-electron chi connectivity index (χ3n) is 5.62. The third kappa shape index (κ3) is 14.1. The average Bonchev–Trinajstić information content (AvgIpc) is 3.84. The number of alkyl halides is 6. The maximum Gasteiger partial charge on any atom is 1.00 e. The first kappa shape index (κ1) is 45.2. The molecule has 0 bridgehead atoms. The molecule has 2 aromatic carbocycles. The Balaban J connectivity index is 0.000000348. The van der Waals surface area contributed by atoms with Crippen LogP contribution in [0, 0.1) is 0 Å². The Labute approximate surface area is 312 Å². The Morgan fingerprint density at radius 1 is 0.500 bits per heavy atom. The van der Waals surface area contributed by atoms with Gasteiger partial charge in [0, 0.05) is 22.3 Å². The van der Waals surface area contributed by atoms with Crippen LogP contribution < -0.4 is 0 Å². The third-order valence-corrected chi connectivity index (χ3v) is 6.76. The van der Waals surface area contributed by atoms with Gasteiger partial charge in [-0.1, -0.05) is 12.1 Å². The zero-order valence-electron chi connectivity index (χ0n) is 24.8. The smallest absolute Gasteiger partial charge is 0.741 e. The molecule has 0 spiro atoms. The van der Waals surface area contributed by atoms with E-state index in [1.807, 2.05) is 48.5 Å². The quantitative estimate of drug-likeness (QED) is 0.190. The number of hydrogen-bond donors (Lipinski definition) is 0. The van der Waals surface area contributed by atoms with Crippen molar-refractivity contribution in [2.24, 2.45) is 20.0 Å². The van der Waals surface area contributed by atoms with Crippen molar-refractivity contribution < 1.29 is 116 Å². The van der Waals surface area contributed by atoms with Crippen molar-refractivity contribution >= 4 is 43.8 Å². The minimum atomic E-state index is -6.09. The predicted molar refractivity (Wildman–Crippen MR) is 154 cm³/mol. The summed E-state index contributed by atoms with van der Waals surface area (Å²) in [6.45, 7) is 5.70. The summed E-state index contributed by atoms with van der Waals surface area (Å²) >= 11 is 0. The Morgan fingerprint density at radius 3 is 0.840 bits per heavy atom. The maximum absolute atomic E-state index is 10.7. The van der Waals surface area contributed by atoms with E-state index in [4.69, 9.17) is 44.9 Å². The van der Waals surface area contributed by atoms with E-state index in [0.29, 0.717) is 26.4 Å². The first-order valence-corrected chi connectivity index (χ1v) is 16.1. The molecule has 50 heavy (non-hydrogen) atoms. The molecule has 0 saturated heterocycles. The topological polar surface area (TPSA) is 201 Å². The van der Waals surface area contributed by atoms with Crippen LogP contribution >= 0.6 is 0 Å². The molecule has 0 amide bonds. The molecule has 0 atom stereocenters.